The maximum atomic E-state index is 12.4. The Hall–Kier alpha value is -2.34. The van der Waals surface area contributed by atoms with Crippen LogP contribution in [0.2, 0.25) is 0 Å². The lowest BCUT2D eigenvalue weighted by molar-refractivity contribution is -0.116. The maximum Gasteiger partial charge on any atom is 0.257 e. The average Bonchev–Trinajstić information content (AvgIpc) is 2.49. The number of carbonyl (C=O) groups is 2. The van der Waals surface area contributed by atoms with E-state index in [4.69, 9.17) is 0 Å². The van der Waals surface area contributed by atoms with Gasteiger partial charge in [0.05, 0.1) is 12.1 Å². The van der Waals surface area contributed by atoms with Crippen LogP contribution in [0.4, 0.5) is 5.69 Å². The van der Waals surface area contributed by atoms with E-state index in [1.807, 2.05) is 26.0 Å². The predicted octanol–water partition coefficient (Wildman–Crippen LogP) is 3.48. The van der Waals surface area contributed by atoms with Crippen LogP contribution in [0.5, 0.6) is 5.75 Å². The minimum Gasteiger partial charge on any atom is -0.507 e. The molecule has 0 aliphatic rings. The summed E-state index contributed by atoms with van der Waals surface area (Å²) in [6, 6.07) is 10.3. The van der Waals surface area contributed by atoms with Crippen LogP contribution in [0.15, 0.2) is 40.9 Å². The molecular weight excluding hydrogens is 372 g/mol. The molecule has 5 nitrogen and oxygen atoms in total. The zero-order valence-electron chi connectivity index (χ0n) is 13.8. The van der Waals surface area contributed by atoms with E-state index in [1.54, 1.807) is 18.2 Å². The molecule has 24 heavy (non-hydrogen) atoms. The van der Waals surface area contributed by atoms with Gasteiger partial charge < -0.3 is 15.3 Å². The van der Waals surface area contributed by atoms with Gasteiger partial charge in [0.1, 0.15) is 5.75 Å². The minimum atomic E-state index is -0.407. The number of likely N-dealkylation sites (N-methyl/N-ethyl adjacent to an activating group) is 1. The summed E-state index contributed by atoms with van der Waals surface area (Å²) in [5, 5.41) is 12.7. The molecule has 0 atom stereocenters. The van der Waals surface area contributed by atoms with Crippen molar-refractivity contribution in [3.05, 3.63) is 57.6 Å². The first-order chi connectivity index (χ1) is 11.3. The van der Waals surface area contributed by atoms with E-state index in [9.17, 15) is 14.7 Å². The normalized spacial score (nSPS) is 10.3. The van der Waals surface area contributed by atoms with E-state index in [-0.39, 0.29) is 23.8 Å². The second-order valence-electron chi connectivity index (χ2n) is 5.69. The van der Waals surface area contributed by atoms with Gasteiger partial charge in [-0.1, -0.05) is 22.0 Å². The van der Waals surface area contributed by atoms with Gasteiger partial charge in [-0.2, -0.15) is 0 Å². The molecule has 0 aromatic heterocycles. The number of aryl methyl sites for hydroxylation is 2. The molecular formula is C18H19BrN2O3. The Balaban J connectivity index is 2.04. The Morgan fingerprint density at radius 1 is 1.17 bits per heavy atom. The van der Waals surface area contributed by atoms with Gasteiger partial charge in [-0.05, 0) is 55.3 Å². The van der Waals surface area contributed by atoms with Crippen molar-refractivity contribution in [2.45, 2.75) is 13.8 Å². The highest BCUT2D eigenvalue weighted by Crippen LogP contribution is 2.21. The Morgan fingerprint density at radius 3 is 2.50 bits per heavy atom. The van der Waals surface area contributed by atoms with Crippen LogP contribution in [0.25, 0.3) is 0 Å². The summed E-state index contributed by atoms with van der Waals surface area (Å²) in [5.41, 5.74) is 2.65. The van der Waals surface area contributed by atoms with Gasteiger partial charge in [0.25, 0.3) is 5.91 Å². The molecule has 2 aromatic carbocycles. The van der Waals surface area contributed by atoms with E-state index >= 15 is 0 Å². The first-order valence-electron chi connectivity index (χ1n) is 7.39. The van der Waals surface area contributed by atoms with Crippen LogP contribution >= 0.6 is 15.9 Å². The zero-order chi connectivity index (χ0) is 17.9. The highest BCUT2D eigenvalue weighted by atomic mass is 79.9. The number of nitrogens with one attached hydrogen (secondary N) is 1. The van der Waals surface area contributed by atoms with E-state index < -0.39 is 5.91 Å². The molecule has 0 aliphatic heterocycles. The second kappa shape index (κ2) is 7.49. The van der Waals surface area contributed by atoms with Crippen molar-refractivity contribution in [2.75, 3.05) is 18.9 Å². The number of anilines is 1. The number of amides is 2. The molecule has 6 heteroatoms. The van der Waals surface area contributed by atoms with Crippen molar-refractivity contribution < 1.29 is 14.7 Å². The molecule has 0 spiro atoms. The Labute approximate surface area is 149 Å². The molecule has 0 saturated heterocycles. The maximum absolute atomic E-state index is 12.4. The van der Waals surface area contributed by atoms with Gasteiger partial charge in [-0.25, -0.2) is 0 Å². The second-order valence-corrected chi connectivity index (χ2v) is 6.60. The predicted molar refractivity (Wildman–Crippen MR) is 97.3 cm³/mol. The third kappa shape index (κ3) is 4.35. The van der Waals surface area contributed by atoms with Crippen LogP contribution in [-0.4, -0.2) is 35.4 Å². The van der Waals surface area contributed by atoms with Gasteiger partial charge >= 0.3 is 0 Å². The van der Waals surface area contributed by atoms with Crippen molar-refractivity contribution >= 4 is 33.4 Å². The molecule has 2 aromatic rings. The SMILES string of the molecule is Cc1ccc(C(=O)N(C)CC(=O)Nc2ccc(Br)cc2C)c(O)c1. The molecule has 0 bridgehead atoms. The van der Waals surface area contributed by atoms with Gasteiger partial charge in [-0.15, -0.1) is 0 Å². The van der Waals surface area contributed by atoms with Gasteiger partial charge in [-0.3, -0.25) is 9.59 Å². The minimum absolute atomic E-state index is 0.0870. The van der Waals surface area contributed by atoms with Crippen molar-refractivity contribution in [1.82, 2.24) is 4.90 Å². The van der Waals surface area contributed by atoms with Crippen molar-refractivity contribution in [1.29, 1.82) is 0 Å². The van der Waals surface area contributed by atoms with Crippen LogP contribution in [0.1, 0.15) is 21.5 Å². The van der Waals surface area contributed by atoms with Crippen molar-refractivity contribution in [3.63, 3.8) is 0 Å². The van der Waals surface area contributed by atoms with Gasteiger partial charge in [0, 0.05) is 17.2 Å². The number of halogens is 1. The third-order valence-corrected chi connectivity index (χ3v) is 4.07. The smallest absolute Gasteiger partial charge is 0.257 e. The summed E-state index contributed by atoms with van der Waals surface area (Å²) >= 11 is 3.37. The summed E-state index contributed by atoms with van der Waals surface area (Å²) in [7, 11) is 1.52. The van der Waals surface area contributed by atoms with Crippen LogP contribution < -0.4 is 5.32 Å². The fraction of sp³-hybridized carbons (Fsp3) is 0.222. The highest BCUT2D eigenvalue weighted by molar-refractivity contribution is 9.10. The quantitative estimate of drug-likeness (QED) is 0.839. The monoisotopic (exact) mass is 390 g/mol. The first kappa shape index (κ1) is 18.0. The number of carbonyl (C=O) groups excluding carboxylic acids is 2. The molecule has 2 amide bonds. The summed E-state index contributed by atoms with van der Waals surface area (Å²) in [5.74, 6) is -0.797. The third-order valence-electron chi connectivity index (χ3n) is 3.57. The number of hydrogen-bond donors (Lipinski definition) is 2. The molecule has 126 valence electrons. The summed E-state index contributed by atoms with van der Waals surface area (Å²) in [6.45, 7) is 3.60. The summed E-state index contributed by atoms with van der Waals surface area (Å²) in [6.07, 6.45) is 0. The lowest BCUT2D eigenvalue weighted by Crippen LogP contribution is -2.35. The molecule has 0 unspecified atom stereocenters. The largest absolute Gasteiger partial charge is 0.507 e. The number of phenols is 1. The summed E-state index contributed by atoms with van der Waals surface area (Å²) in [4.78, 5) is 25.8. The summed E-state index contributed by atoms with van der Waals surface area (Å²) < 4.78 is 0.931. The lowest BCUT2D eigenvalue weighted by Gasteiger charge is -2.18. The van der Waals surface area contributed by atoms with Gasteiger partial charge in [0.15, 0.2) is 0 Å². The lowest BCUT2D eigenvalue weighted by atomic mass is 10.1. The fourth-order valence-electron chi connectivity index (χ4n) is 2.27. The number of rotatable bonds is 4. The van der Waals surface area contributed by atoms with Crippen LogP contribution in [0, 0.1) is 13.8 Å². The van der Waals surface area contributed by atoms with Crippen LogP contribution in [-0.2, 0) is 4.79 Å². The molecule has 2 rings (SSSR count). The molecule has 0 fully saturated rings. The molecule has 0 aliphatic carbocycles. The Morgan fingerprint density at radius 2 is 1.88 bits per heavy atom. The number of phenolic OH excluding ortho intramolecular Hbond substituents is 1. The molecule has 0 radical (unpaired) electrons. The topological polar surface area (TPSA) is 69.6 Å². The number of benzene rings is 2. The van der Waals surface area contributed by atoms with E-state index in [0.29, 0.717) is 5.69 Å². The Bertz CT molecular complexity index is 790. The standard InChI is InChI=1S/C18H19BrN2O3/c1-11-4-6-14(16(22)8-11)18(24)21(3)10-17(23)20-15-7-5-13(19)9-12(15)2/h4-9,22H,10H2,1-3H3,(H,20,23). The highest BCUT2D eigenvalue weighted by Gasteiger charge is 2.18. The number of nitrogens with zero attached hydrogens (tertiary/aromatic N) is 1. The van der Waals surface area contributed by atoms with Crippen molar-refractivity contribution in [3.8, 4) is 5.75 Å². The number of aromatic hydroxyl groups is 1. The van der Waals surface area contributed by atoms with Gasteiger partial charge in [0.2, 0.25) is 5.91 Å². The van der Waals surface area contributed by atoms with E-state index in [2.05, 4.69) is 21.2 Å². The molecule has 2 N–H and O–H groups in total. The first-order valence-corrected chi connectivity index (χ1v) is 8.18. The zero-order valence-corrected chi connectivity index (χ0v) is 15.3. The fourth-order valence-corrected chi connectivity index (χ4v) is 2.75. The Kier molecular flexibility index (Phi) is 5.62. The molecule has 0 saturated carbocycles. The molecule has 0 heterocycles. The van der Waals surface area contributed by atoms with E-state index in [0.717, 1.165) is 15.6 Å². The average molecular weight is 391 g/mol. The van der Waals surface area contributed by atoms with Crippen molar-refractivity contribution in [2.24, 2.45) is 0 Å². The van der Waals surface area contributed by atoms with Crippen LogP contribution in [0.3, 0.4) is 0 Å². The number of hydrogen-bond acceptors (Lipinski definition) is 3. The van der Waals surface area contributed by atoms with E-state index in [1.165, 1.54) is 18.0 Å².